The molecule has 0 saturated carbocycles. The summed E-state index contributed by atoms with van der Waals surface area (Å²) in [6.07, 6.45) is -0.244. The molecule has 2 aromatic rings. The number of hydrogen-bond acceptors (Lipinski definition) is 9. The maximum absolute atomic E-state index is 12.8. The number of imide groups is 1. The van der Waals surface area contributed by atoms with E-state index in [2.05, 4.69) is 10.6 Å². The van der Waals surface area contributed by atoms with Crippen molar-refractivity contribution in [3.63, 3.8) is 0 Å². The highest BCUT2D eigenvalue weighted by molar-refractivity contribution is 6.04. The summed E-state index contributed by atoms with van der Waals surface area (Å²) in [7, 11) is 0. The van der Waals surface area contributed by atoms with Gasteiger partial charge in [-0.05, 0) is 36.2 Å². The van der Waals surface area contributed by atoms with E-state index in [4.69, 9.17) is 15.0 Å². The average molecular weight is 601 g/mol. The molecule has 0 bridgehead atoms. The summed E-state index contributed by atoms with van der Waals surface area (Å²) >= 11 is 0. The van der Waals surface area contributed by atoms with Crippen molar-refractivity contribution in [3.8, 4) is 28.2 Å². The number of nitrogens with two attached hydrogens (primary N) is 1. The quantitative estimate of drug-likeness (QED) is 0.156. The summed E-state index contributed by atoms with van der Waals surface area (Å²) < 4.78 is 6.27. The molecule has 0 unspecified atom stereocenters. The van der Waals surface area contributed by atoms with Gasteiger partial charge < -0.3 is 30.7 Å². The zero-order valence-electron chi connectivity index (χ0n) is 23.4. The Labute approximate surface area is 249 Å². The average Bonchev–Trinajstić information content (AvgIpc) is 3.31. The van der Waals surface area contributed by atoms with Gasteiger partial charge in [-0.25, -0.2) is 9.59 Å². The van der Waals surface area contributed by atoms with Gasteiger partial charge in [0.15, 0.2) is 5.43 Å². The Bertz CT molecular complexity index is 1800. The Hall–Kier alpha value is -5.72. The molecule has 2 aromatic carbocycles. The lowest BCUT2D eigenvalue weighted by Gasteiger charge is -2.20. The number of urea groups is 1. The molecular formula is C31H28N4O9. The number of nitrogens with zero attached hydrogens (tertiary/aromatic N) is 1. The van der Waals surface area contributed by atoms with Gasteiger partial charge in [0.1, 0.15) is 17.1 Å². The largest absolute Gasteiger partial charge is 0.507 e. The first-order chi connectivity index (χ1) is 21.1. The monoisotopic (exact) mass is 600 g/mol. The Kier molecular flexibility index (Phi) is 8.56. The molecule has 44 heavy (non-hydrogen) atoms. The highest BCUT2D eigenvalue weighted by atomic mass is 16.7. The zero-order chi connectivity index (χ0) is 31.4. The molecule has 13 nitrogen and oxygen atoms in total. The second-order valence-corrected chi connectivity index (χ2v) is 10.1. The predicted molar refractivity (Wildman–Crippen MR) is 156 cm³/mol. The molecule has 13 heteroatoms. The van der Waals surface area contributed by atoms with E-state index in [-0.39, 0.29) is 78.8 Å². The number of fused-ring (bicyclic) bond motifs is 2. The molecule has 5 N–H and O–H groups in total. The lowest BCUT2D eigenvalue weighted by atomic mass is 9.90. The van der Waals surface area contributed by atoms with Crippen molar-refractivity contribution in [2.75, 3.05) is 0 Å². The molecule has 2 aliphatic heterocycles. The topological polar surface area (TPSA) is 198 Å². The Morgan fingerprint density at radius 1 is 0.886 bits per heavy atom. The number of nitrogens with one attached hydrogen (secondary N) is 2. The summed E-state index contributed by atoms with van der Waals surface area (Å²) in [6.45, 7) is -0.347. The van der Waals surface area contributed by atoms with Crippen LogP contribution < -0.4 is 21.8 Å². The van der Waals surface area contributed by atoms with Crippen LogP contribution in [0.5, 0.6) is 5.75 Å². The van der Waals surface area contributed by atoms with Crippen molar-refractivity contribution >= 4 is 40.7 Å². The summed E-state index contributed by atoms with van der Waals surface area (Å²) in [4.78, 5) is 77.0. The van der Waals surface area contributed by atoms with E-state index in [0.717, 1.165) is 5.56 Å². The number of aromatic hydroxyl groups is 1. The maximum Gasteiger partial charge on any atom is 0.333 e. The van der Waals surface area contributed by atoms with Crippen LogP contribution >= 0.6 is 0 Å². The lowest BCUT2D eigenvalue weighted by molar-refractivity contribution is -0.197. The van der Waals surface area contributed by atoms with Crippen molar-refractivity contribution in [3.05, 3.63) is 75.9 Å². The molecule has 2 heterocycles. The van der Waals surface area contributed by atoms with E-state index in [1.165, 1.54) is 12.1 Å². The molecule has 0 spiro atoms. The van der Waals surface area contributed by atoms with Crippen LogP contribution in [-0.4, -0.2) is 39.9 Å². The van der Waals surface area contributed by atoms with Gasteiger partial charge in [0.25, 0.3) is 11.8 Å². The van der Waals surface area contributed by atoms with Crippen molar-refractivity contribution in [2.45, 2.75) is 45.2 Å². The van der Waals surface area contributed by atoms with Gasteiger partial charge in [0.2, 0.25) is 5.91 Å². The van der Waals surface area contributed by atoms with Crippen LogP contribution in [0.15, 0.2) is 63.8 Å². The van der Waals surface area contributed by atoms with Gasteiger partial charge in [-0.15, -0.1) is 5.06 Å². The molecule has 1 saturated heterocycles. The number of hydrogen-bond donors (Lipinski definition) is 4. The van der Waals surface area contributed by atoms with Crippen LogP contribution in [0.3, 0.4) is 0 Å². The smallest absolute Gasteiger partial charge is 0.333 e. The molecule has 3 aliphatic rings. The van der Waals surface area contributed by atoms with Crippen LogP contribution in [0.4, 0.5) is 4.79 Å². The number of carbonyl (C=O) groups excluding carboxylic acids is 5. The molecule has 1 fully saturated rings. The highest BCUT2D eigenvalue weighted by Gasteiger charge is 2.32. The lowest BCUT2D eigenvalue weighted by Crippen LogP contribution is -2.32. The Morgan fingerprint density at radius 3 is 2.30 bits per heavy atom. The summed E-state index contributed by atoms with van der Waals surface area (Å²) in [5.74, 6) is -2.42. The van der Waals surface area contributed by atoms with E-state index in [1.54, 1.807) is 12.1 Å². The number of carbonyl (C=O) groups is 5. The molecular weight excluding hydrogens is 572 g/mol. The second-order valence-electron chi connectivity index (χ2n) is 10.1. The third-order valence-electron chi connectivity index (χ3n) is 7.14. The zero-order valence-corrected chi connectivity index (χ0v) is 23.4. The summed E-state index contributed by atoms with van der Waals surface area (Å²) in [5.41, 5.74) is 7.57. The minimum Gasteiger partial charge on any atom is -0.507 e. The van der Waals surface area contributed by atoms with Crippen molar-refractivity contribution in [2.24, 2.45) is 5.73 Å². The van der Waals surface area contributed by atoms with Gasteiger partial charge in [0, 0.05) is 42.2 Å². The third-order valence-corrected chi connectivity index (χ3v) is 7.14. The molecule has 0 radical (unpaired) electrons. The van der Waals surface area contributed by atoms with Crippen LogP contribution in [-0.2, 0) is 37.1 Å². The number of benzene rings is 3. The van der Waals surface area contributed by atoms with Crippen molar-refractivity contribution in [1.82, 2.24) is 15.7 Å². The van der Waals surface area contributed by atoms with Crippen molar-refractivity contribution in [1.29, 1.82) is 0 Å². The first-order valence-corrected chi connectivity index (χ1v) is 13.8. The summed E-state index contributed by atoms with van der Waals surface area (Å²) in [5, 5.41) is 17.0. The van der Waals surface area contributed by atoms with Gasteiger partial charge >= 0.3 is 12.0 Å². The SMILES string of the molecule is NC(=O)NCc1c2oc3c(CNC(=O)CCCC(=O)ON4C(=O)CCC4=O)c(O)ccc3c(-c3ccccc3)c-2ccc1=O. The Balaban J connectivity index is 1.41. The van der Waals surface area contributed by atoms with E-state index in [9.17, 15) is 33.9 Å². The Morgan fingerprint density at radius 2 is 1.59 bits per heavy atom. The normalized spacial score (nSPS) is 13.0. The standard InChI is InChI=1S/C31H28N4O9/c32-31(42)34-16-21-23(37)12-10-19-28(17-5-2-1-3-6-17)18-9-11-22(36)20(29(18)43-30(19)21)15-33-24(38)7-4-8-27(41)44-35-25(39)13-14-26(35)40/h1-3,5-6,9-12,36H,4,7-8,13-16H2,(H,33,38)(H3,32,34,42). The predicted octanol–water partition coefficient (Wildman–Crippen LogP) is 2.83. The first kappa shape index (κ1) is 29.8. The third kappa shape index (κ3) is 6.21. The summed E-state index contributed by atoms with van der Waals surface area (Å²) in [6, 6.07) is 14.7. The molecule has 5 amide bonds. The number of primary amides is 1. The van der Waals surface area contributed by atoms with Crippen LogP contribution in [0, 0.1) is 0 Å². The number of hydroxylamine groups is 2. The molecule has 5 rings (SSSR count). The first-order valence-electron chi connectivity index (χ1n) is 13.8. The molecule has 226 valence electrons. The minimum absolute atomic E-state index is 0.0198. The fraction of sp³-hybridized carbons (Fsp3) is 0.226. The molecule has 1 aliphatic carbocycles. The highest BCUT2D eigenvalue weighted by Crippen LogP contribution is 2.43. The van der Waals surface area contributed by atoms with E-state index < -0.39 is 29.7 Å². The molecule has 0 atom stereocenters. The van der Waals surface area contributed by atoms with Crippen LogP contribution in [0.25, 0.3) is 33.4 Å². The number of phenols is 1. The van der Waals surface area contributed by atoms with Gasteiger partial charge in [-0.1, -0.05) is 30.3 Å². The fourth-order valence-corrected chi connectivity index (χ4v) is 5.00. The van der Waals surface area contributed by atoms with E-state index in [1.807, 2.05) is 30.3 Å². The van der Waals surface area contributed by atoms with E-state index >= 15 is 0 Å². The number of amides is 5. The van der Waals surface area contributed by atoms with Gasteiger partial charge in [0.05, 0.1) is 24.2 Å². The number of rotatable bonds is 10. The molecule has 0 aromatic heterocycles. The van der Waals surface area contributed by atoms with Crippen LogP contribution in [0.2, 0.25) is 0 Å². The van der Waals surface area contributed by atoms with Crippen molar-refractivity contribution < 1.29 is 38.3 Å². The van der Waals surface area contributed by atoms with Gasteiger partial charge in [-0.3, -0.25) is 19.2 Å². The maximum atomic E-state index is 12.8. The second kappa shape index (κ2) is 12.7. The van der Waals surface area contributed by atoms with E-state index in [0.29, 0.717) is 21.6 Å². The fourth-order valence-electron chi connectivity index (χ4n) is 5.00. The minimum atomic E-state index is -0.821. The number of phenolic OH excluding ortho intramolecular Hbond substituents is 1. The van der Waals surface area contributed by atoms with Gasteiger partial charge in [-0.2, -0.15) is 0 Å². The van der Waals surface area contributed by atoms with Crippen LogP contribution in [0.1, 0.15) is 43.2 Å².